The van der Waals surface area contributed by atoms with Gasteiger partial charge in [0.25, 0.3) is 0 Å². The van der Waals surface area contributed by atoms with Gasteiger partial charge in [0.1, 0.15) is 0 Å². The number of hydrogen-bond acceptors (Lipinski definition) is 3. The van der Waals surface area contributed by atoms with Gasteiger partial charge in [0.2, 0.25) is 0 Å². The van der Waals surface area contributed by atoms with Crippen LogP contribution in [0.4, 0.5) is 0 Å². The molecule has 3 nitrogen and oxygen atoms in total. The molecule has 0 radical (unpaired) electrons. The summed E-state index contributed by atoms with van der Waals surface area (Å²) in [6.07, 6.45) is 7.11. The topological polar surface area (TPSA) is 24.5 Å². The summed E-state index contributed by atoms with van der Waals surface area (Å²) in [6, 6.07) is 0.859. The summed E-state index contributed by atoms with van der Waals surface area (Å²) in [5, 5.41) is 3.56. The fraction of sp³-hybridized carbons (Fsp3) is 1.00. The van der Waals surface area contributed by atoms with Gasteiger partial charge in [-0.2, -0.15) is 0 Å². The first-order chi connectivity index (χ1) is 7.38. The quantitative estimate of drug-likeness (QED) is 0.670. The van der Waals surface area contributed by atoms with Crippen LogP contribution in [0.5, 0.6) is 0 Å². The van der Waals surface area contributed by atoms with Crippen molar-refractivity contribution in [2.75, 3.05) is 33.3 Å². The van der Waals surface area contributed by atoms with E-state index in [1.807, 2.05) is 7.11 Å². The van der Waals surface area contributed by atoms with Gasteiger partial charge in [-0.1, -0.05) is 0 Å². The van der Waals surface area contributed by atoms with Gasteiger partial charge >= 0.3 is 0 Å². The second-order valence-electron chi connectivity index (χ2n) is 4.88. The minimum absolute atomic E-state index is 0.482. The lowest BCUT2D eigenvalue weighted by Crippen LogP contribution is -2.40. The lowest BCUT2D eigenvalue weighted by atomic mass is 10.1. The molecule has 1 atom stereocenters. The predicted molar refractivity (Wildman–Crippen MR) is 62.1 cm³/mol. The third-order valence-corrected chi connectivity index (χ3v) is 3.46. The maximum atomic E-state index is 5.42. The molecule has 1 saturated carbocycles. The van der Waals surface area contributed by atoms with E-state index in [0.29, 0.717) is 6.10 Å². The highest BCUT2D eigenvalue weighted by atomic mass is 16.5. The van der Waals surface area contributed by atoms with E-state index in [1.165, 1.54) is 51.7 Å². The Morgan fingerprint density at radius 2 is 2.20 bits per heavy atom. The molecule has 1 N–H and O–H groups in total. The van der Waals surface area contributed by atoms with Crippen LogP contribution in [0.3, 0.4) is 0 Å². The first-order valence-electron chi connectivity index (χ1n) is 6.37. The molecule has 2 rings (SSSR count). The Morgan fingerprint density at radius 1 is 1.33 bits per heavy atom. The number of likely N-dealkylation sites (tertiary alicyclic amines) is 1. The molecule has 0 aromatic heterocycles. The average molecular weight is 212 g/mol. The van der Waals surface area contributed by atoms with Crippen LogP contribution in [0.25, 0.3) is 0 Å². The minimum Gasteiger partial charge on any atom is -0.380 e. The monoisotopic (exact) mass is 212 g/mol. The molecule has 2 aliphatic rings. The molecule has 0 aromatic carbocycles. The summed E-state index contributed by atoms with van der Waals surface area (Å²) in [5.74, 6) is 0. The molecule has 0 spiro atoms. The summed E-state index contributed by atoms with van der Waals surface area (Å²) in [5.41, 5.74) is 0. The number of nitrogens with zero attached hydrogens (tertiary/aromatic N) is 1. The molecule has 3 heteroatoms. The van der Waals surface area contributed by atoms with Crippen molar-refractivity contribution in [3.8, 4) is 0 Å². The zero-order valence-electron chi connectivity index (χ0n) is 9.87. The van der Waals surface area contributed by atoms with Crippen LogP contribution in [0.15, 0.2) is 0 Å². The molecule has 1 aliphatic carbocycles. The molecule has 1 unspecified atom stereocenters. The largest absolute Gasteiger partial charge is 0.380 e. The van der Waals surface area contributed by atoms with E-state index < -0.39 is 0 Å². The Labute approximate surface area is 93.2 Å². The molecule has 88 valence electrons. The highest BCUT2D eigenvalue weighted by Crippen LogP contribution is 2.18. The summed E-state index contributed by atoms with van der Waals surface area (Å²) in [4.78, 5) is 2.55. The molecule has 2 fully saturated rings. The van der Waals surface area contributed by atoms with E-state index in [-0.39, 0.29) is 0 Å². The van der Waals surface area contributed by atoms with Gasteiger partial charge in [-0.05, 0) is 51.7 Å². The summed E-state index contributed by atoms with van der Waals surface area (Å²) in [6.45, 7) is 4.83. The van der Waals surface area contributed by atoms with Crippen molar-refractivity contribution in [1.29, 1.82) is 0 Å². The Kier molecular flexibility index (Phi) is 4.42. The predicted octanol–water partition coefficient (Wildman–Crippen LogP) is 1.24. The summed E-state index contributed by atoms with van der Waals surface area (Å²) in [7, 11) is 1.84. The van der Waals surface area contributed by atoms with Gasteiger partial charge in [-0.25, -0.2) is 0 Å². The van der Waals surface area contributed by atoms with E-state index >= 15 is 0 Å². The van der Waals surface area contributed by atoms with E-state index in [2.05, 4.69) is 10.2 Å². The molecule has 15 heavy (non-hydrogen) atoms. The lowest BCUT2D eigenvalue weighted by Gasteiger charge is -2.31. The van der Waals surface area contributed by atoms with E-state index in [4.69, 9.17) is 4.74 Å². The molecule has 0 aromatic rings. The number of piperidine rings is 1. The third-order valence-electron chi connectivity index (χ3n) is 3.46. The van der Waals surface area contributed by atoms with Crippen LogP contribution in [0.2, 0.25) is 0 Å². The van der Waals surface area contributed by atoms with Crippen molar-refractivity contribution in [3.05, 3.63) is 0 Å². The normalized spacial score (nSPS) is 28.2. The number of rotatable bonds is 6. The number of ether oxygens (including phenoxy) is 1. The van der Waals surface area contributed by atoms with Gasteiger partial charge in [0.15, 0.2) is 0 Å². The molecule has 1 heterocycles. The van der Waals surface area contributed by atoms with Crippen molar-refractivity contribution < 1.29 is 4.74 Å². The van der Waals surface area contributed by atoms with Gasteiger partial charge in [0.05, 0.1) is 6.10 Å². The van der Waals surface area contributed by atoms with Gasteiger partial charge in [-0.3, -0.25) is 0 Å². The van der Waals surface area contributed by atoms with Crippen LogP contribution in [0, 0.1) is 0 Å². The third kappa shape index (κ3) is 4.09. The van der Waals surface area contributed by atoms with Crippen LogP contribution in [-0.4, -0.2) is 50.3 Å². The van der Waals surface area contributed by atoms with Crippen LogP contribution in [0.1, 0.15) is 32.1 Å². The maximum Gasteiger partial charge on any atom is 0.0698 e. The fourth-order valence-corrected chi connectivity index (χ4v) is 2.30. The fourth-order valence-electron chi connectivity index (χ4n) is 2.30. The van der Waals surface area contributed by atoms with Crippen molar-refractivity contribution >= 4 is 0 Å². The van der Waals surface area contributed by atoms with E-state index in [1.54, 1.807) is 0 Å². The Bertz CT molecular complexity index is 182. The van der Waals surface area contributed by atoms with Gasteiger partial charge in [0, 0.05) is 19.7 Å². The summed E-state index contributed by atoms with van der Waals surface area (Å²) < 4.78 is 5.42. The Balaban J connectivity index is 1.52. The molecule has 1 saturated heterocycles. The number of nitrogens with one attached hydrogen (secondary N) is 1. The van der Waals surface area contributed by atoms with E-state index in [9.17, 15) is 0 Å². The standard InChI is InChI=1S/C12H24N2O/c1-15-12-4-2-8-14(10-12)9-3-7-13-11-5-6-11/h11-13H,2-10H2,1H3. The average Bonchev–Trinajstić information content (AvgIpc) is 3.09. The number of methoxy groups -OCH3 is 1. The molecular weight excluding hydrogens is 188 g/mol. The maximum absolute atomic E-state index is 5.42. The SMILES string of the molecule is COC1CCCN(CCCNC2CC2)C1. The lowest BCUT2D eigenvalue weighted by molar-refractivity contribution is 0.0311. The zero-order chi connectivity index (χ0) is 10.5. The zero-order valence-corrected chi connectivity index (χ0v) is 9.87. The second kappa shape index (κ2) is 5.83. The smallest absolute Gasteiger partial charge is 0.0698 e. The van der Waals surface area contributed by atoms with E-state index in [0.717, 1.165) is 12.6 Å². The first-order valence-corrected chi connectivity index (χ1v) is 6.37. The van der Waals surface area contributed by atoms with Crippen LogP contribution < -0.4 is 5.32 Å². The first kappa shape index (κ1) is 11.4. The summed E-state index contributed by atoms with van der Waals surface area (Å²) >= 11 is 0. The molecular formula is C12H24N2O. The highest BCUT2D eigenvalue weighted by molar-refractivity contribution is 4.81. The Morgan fingerprint density at radius 3 is 2.93 bits per heavy atom. The molecule has 0 bridgehead atoms. The molecule has 0 amide bonds. The van der Waals surface area contributed by atoms with Crippen molar-refractivity contribution in [1.82, 2.24) is 10.2 Å². The van der Waals surface area contributed by atoms with Crippen LogP contribution >= 0.6 is 0 Å². The Hall–Kier alpha value is -0.120. The van der Waals surface area contributed by atoms with Crippen LogP contribution in [-0.2, 0) is 4.74 Å². The second-order valence-corrected chi connectivity index (χ2v) is 4.88. The van der Waals surface area contributed by atoms with Crippen molar-refractivity contribution in [2.45, 2.75) is 44.2 Å². The van der Waals surface area contributed by atoms with Gasteiger partial charge in [-0.15, -0.1) is 0 Å². The van der Waals surface area contributed by atoms with Crippen molar-refractivity contribution in [2.24, 2.45) is 0 Å². The minimum atomic E-state index is 0.482. The molecule has 1 aliphatic heterocycles. The highest BCUT2D eigenvalue weighted by Gasteiger charge is 2.21. The van der Waals surface area contributed by atoms with Crippen molar-refractivity contribution in [3.63, 3.8) is 0 Å². The van der Waals surface area contributed by atoms with Gasteiger partial charge < -0.3 is 15.0 Å². The number of hydrogen-bond donors (Lipinski definition) is 1.